The van der Waals surface area contributed by atoms with E-state index in [1.165, 1.54) is 0 Å². The number of fused-ring (bicyclic) bond motifs is 3. The summed E-state index contributed by atoms with van der Waals surface area (Å²) in [5.41, 5.74) is 0.788. The van der Waals surface area contributed by atoms with Crippen molar-refractivity contribution in [2.45, 2.75) is 44.9 Å². The number of nitrogens with one attached hydrogen (secondary N) is 3. The number of rotatable bonds is 3. The zero-order chi connectivity index (χ0) is 19.4. The van der Waals surface area contributed by atoms with Gasteiger partial charge in [0.05, 0.1) is 7.11 Å². The highest BCUT2D eigenvalue weighted by atomic mass is 16.5. The zero-order valence-corrected chi connectivity index (χ0v) is 16.0. The Morgan fingerprint density at radius 2 is 2.11 bits per heavy atom. The van der Waals surface area contributed by atoms with Gasteiger partial charge in [0, 0.05) is 11.8 Å². The minimum Gasteiger partial charge on any atom is -0.496 e. The third kappa shape index (κ3) is 4.24. The molecule has 0 aromatic heterocycles. The molecule has 3 rings (SSSR count). The monoisotopic (exact) mass is 373 g/mol. The maximum Gasteiger partial charge on any atom is 0.246 e. The second-order valence-corrected chi connectivity index (χ2v) is 6.99. The normalized spacial score (nSPS) is 27.6. The summed E-state index contributed by atoms with van der Waals surface area (Å²) in [7, 11) is 1.60. The topological polar surface area (TPSA) is 88.7 Å². The van der Waals surface area contributed by atoms with Gasteiger partial charge in [-0.25, -0.2) is 0 Å². The number of hydrogen-bond donors (Lipinski definition) is 3. The lowest BCUT2D eigenvalue weighted by Gasteiger charge is -2.26. The Hall–Kier alpha value is -2.54. The highest BCUT2D eigenvalue weighted by Gasteiger charge is 2.37. The number of carbonyl (C=O) groups excluding carboxylic acids is 2. The first-order chi connectivity index (χ1) is 13.0. The van der Waals surface area contributed by atoms with Crippen molar-refractivity contribution in [2.75, 3.05) is 13.7 Å². The first kappa shape index (κ1) is 19.2. The predicted octanol–water partition coefficient (Wildman–Crippen LogP) is 1.44. The van der Waals surface area contributed by atoms with Crippen LogP contribution in [0.2, 0.25) is 0 Å². The van der Waals surface area contributed by atoms with Gasteiger partial charge < -0.3 is 25.4 Å². The maximum atomic E-state index is 12.8. The number of hydrogen-bond acceptors (Lipinski definition) is 5. The zero-order valence-electron chi connectivity index (χ0n) is 16.0. The van der Waals surface area contributed by atoms with Crippen LogP contribution in [-0.2, 0) is 9.59 Å². The molecule has 7 heteroatoms. The summed E-state index contributed by atoms with van der Waals surface area (Å²) >= 11 is 0. The van der Waals surface area contributed by atoms with Gasteiger partial charge in [-0.3, -0.25) is 9.59 Å². The molecule has 0 spiro atoms. The van der Waals surface area contributed by atoms with Crippen LogP contribution >= 0.6 is 0 Å². The largest absolute Gasteiger partial charge is 0.496 e. The van der Waals surface area contributed by atoms with E-state index in [1.807, 2.05) is 32.0 Å². The average Bonchev–Trinajstić information content (AvgIpc) is 3.13. The van der Waals surface area contributed by atoms with Crippen LogP contribution in [0.25, 0.3) is 6.08 Å². The van der Waals surface area contributed by atoms with Crippen molar-refractivity contribution in [3.05, 3.63) is 30.0 Å². The first-order valence-electron chi connectivity index (χ1n) is 9.39. The number of ether oxygens (including phenoxy) is 2. The summed E-state index contributed by atoms with van der Waals surface area (Å²) in [5, 5.41) is 8.87. The van der Waals surface area contributed by atoms with Gasteiger partial charge in [0.25, 0.3) is 0 Å². The molecule has 1 fully saturated rings. The molecule has 0 saturated carbocycles. The molecular weight excluding hydrogens is 346 g/mol. The van der Waals surface area contributed by atoms with Gasteiger partial charge in [0.2, 0.25) is 11.8 Å². The molecule has 3 N–H and O–H groups in total. The fraction of sp³-hybridized carbons (Fsp3) is 0.500. The quantitative estimate of drug-likeness (QED) is 0.746. The van der Waals surface area contributed by atoms with Crippen LogP contribution in [-0.4, -0.2) is 43.7 Å². The average molecular weight is 373 g/mol. The summed E-state index contributed by atoms with van der Waals surface area (Å²) in [4.78, 5) is 25.5. The van der Waals surface area contributed by atoms with E-state index in [2.05, 4.69) is 16.0 Å². The number of amides is 2. The lowest BCUT2D eigenvalue weighted by atomic mass is 9.97. The summed E-state index contributed by atoms with van der Waals surface area (Å²) in [6.45, 7) is 4.64. The van der Waals surface area contributed by atoms with E-state index in [1.54, 1.807) is 19.4 Å². The minimum absolute atomic E-state index is 0.00355. The van der Waals surface area contributed by atoms with Crippen LogP contribution in [0.1, 0.15) is 32.3 Å². The Balaban J connectivity index is 1.96. The van der Waals surface area contributed by atoms with Crippen LogP contribution < -0.4 is 25.4 Å². The molecule has 1 aromatic rings. The fourth-order valence-electron chi connectivity index (χ4n) is 3.41. The van der Waals surface area contributed by atoms with Crippen molar-refractivity contribution < 1.29 is 19.1 Å². The summed E-state index contributed by atoms with van der Waals surface area (Å²) in [6, 6.07) is 4.38. The van der Waals surface area contributed by atoms with Gasteiger partial charge in [0.15, 0.2) is 0 Å². The van der Waals surface area contributed by atoms with Crippen LogP contribution in [0.4, 0.5) is 0 Å². The second-order valence-electron chi connectivity index (χ2n) is 6.99. The Labute approximate surface area is 159 Å². The number of methoxy groups -OCH3 is 1. The van der Waals surface area contributed by atoms with Gasteiger partial charge >= 0.3 is 0 Å². The van der Waals surface area contributed by atoms with E-state index < -0.39 is 12.1 Å². The van der Waals surface area contributed by atoms with E-state index in [4.69, 9.17) is 9.47 Å². The van der Waals surface area contributed by atoms with Crippen LogP contribution in [0, 0.1) is 5.92 Å². The molecule has 2 heterocycles. The van der Waals surface area contributed by atoms with E-state index in [0.717, 1.165) is 18.4 Å². The van der Waals surface area contributed by atoms with Gasteiger partial charge in [0.1, 0.15) is 29.7 Å². The van der Waals surface area contributed by atoms with Crippen molar-refractivity contribution >= 4 is 17.9 Å². The van der Waals surface area contributed by atoms with Gasteiger partial charge in [-0.05, 0) is 43.2 Å². The lowest BCUT2D eigenvalue weighted by molar-refractivity contribution is -0.131. The highest BCUT2D eigenvalue weighted by Crippen LogP contribution is 2.27. The van der Waals surface area contributed by atoms with E-state index in [-0.39, 0.29) is 23.8 Å². The Morgan fingerprint density at radius 1 is 1.30 bits per heavy atom. The first-order valence-corrected chi connectivity index (χ1v) is 9.39. The van der Waals surface area contributed by atoms with E-state index >= 15 is 0 Å². The standard InChI is InChI=1S/C20H27N3O4/c1-4-12(2)17-19(24)22-9-7-13-11-14(5-6-15(13)26-3)27-16-8-10-21-18(16)20(25)23-17/h5-7,9,11-12,16-18,21H,4,8,10H2,1-3H3,(H,22,24)(H,23,25)/b9-7-/t12-,16-,17-,18-/m0/s1. The molecule has 0 unspecified atom stereocenters. The molecule has 27 heavy (non-hydrogen) atoms. The maximum absolute atomic E-state index is 12.8. The van der Waals surface area contributed by atoms with Crippen molar-refractivity contribution in [3.8, 4) is 11.5 Å². The molecule has 0 radical (unpaired) electrons. The Kier molecular flexibility index (Phi) is 6.01. The summed E-state index contributed by atoms with van der Waals surface area (Å²) < 4.78 is 11.5. The van der Waals surface area contributed by atoms with Crippen LogP contribution in [0.5, 0.6) is 11.5 Å². The second kappa shape index (κ2) is 8.43. The van der Waals surface area contributed by atoms with E-state index in [9.17, 15) is 9.59 Å². The Bertz CT molecular complexity index is 734. The van der Waals surface area contributed by atoms with Crippen molar-refractivity contribution in [1.82, 2.24) is 16.0 Å². The third-order valence-electron chi connectivity index (χ3n) is 5.22. The predicted molar refractivity (Wildman–Crippen MR) is 102 cm³/mol. The lowest BCUT2D eigenvalue weighted by Crippen LogP contribution is -2.55. The van der Waals surface area contributed by atoms with Crippen LogP contribution in [0.3, 0.4) is 0 Å². The summed E-state index contributed by atoms with van der Waals surface area (Å²) in [5.74, 6) is 0.889. The van der Waals surface area contributed by atoms with Crippen molar-refractivity contribution in [1.29, 1.82) is 0 Å². The molecule has 7 nitrogen and oxygen atoms in total. The molecule has 2 bridgehead atoms. The van der Waals surface area contributed by atoms with Crippen molar-refractivity contribution in [2.24, 2.45) is 5.92 Å². The van der Waals surface area contributed by atoms with Gasteiger partial charge in [-0.2, -0.15) is 0 Å². The van der Waals surface area contributed by atoms with E-state index in [0.29, 0.717) is 18.0 Å². The number of carbonyl (C=O) groups is 2. The third-order valence-corrected chi connectivity index (χ3v) is 5.22. The van der Waals surface area contributed by atoms with Crippen LogP contribution in [0.15, 0.2) is 24.4 Å². The molecule has 0 aliphatic carbocycles. The molecule has 1 saturated heterocycles. The Morgan fingerprint density at radius 3 is 2.85 bits per heavy atom. The SMILES string of the molecule is CC[C@H](C)[C@@H]1NC(=O)[C@H]2NCC[C@@H]2Oc2ccc(OC)c(c2)/C=C\NC1=O. The van der Waals surface area contributed by atoms with Gasteiger partial charge in [-0.1, -0.05) is 20.3 Å². The molecule has 146 valence electrons. The van der Waals surface area contributed by atoms with Gasteiger partial charge in [-0.15, -0.1) is 0 Å². The molecule has 1 aromatic carbocycles. The molecule has 2 aliphatic rings. The highest BCUT2D eigenvalue weighted by molar-refractivity contribution is 5.91. The fourth-order valence-corrected chi connectivity index (χ4v) is 3.41. The molecule has 2 aliphatic heterocycles. The smallest absolute Gasteiger partial charge is 0.246 e. The molecule has 2 amide bonds. The summed E-state index contributed by atoms with van der Waals surface area (Å²) in [6.07, 6.45) is 4.53. The number of benzene rings is 1. The molecule has 4 atom stereocenters. The minimum atomic E-state index is -0.610. The van der Waals surface area contributed by atoms with Crippen molar-refractivity contribution in [3.63, 3.8) is 0 Å². The molecular formula is C20H27N3O4.